The van der Waals surface area contributed by atoms with Crippen LogP contribution in [0.1, 0.15) is 23.6 Å². The van der Waals surface area contributed by atoms with Crippen molar-refractivity contribution in [2.75, 3.05) is 6.61 Å². The van der Waals surface area contributed by atoms with Crippen molar-refractivity contribution in [1.82, 2.24) is 0 Å². The van der Waals surface area contributed by atoms with Crippen molar-refractivity contribution in [3.8, 4) is 11.8 Å². The Balaban J connectivity index is 3.34. The zero-order valence-electron chi connectivity index (χ0n) is 11.0. The molecule has 0 aliphatic heterocycles. The topological polar surface area (TPSA) is 59.3 Å². The Kier molecular flexibility index (Phi) is 5.85. The maximum Gasteiger partial charge on any atom is 0.573 e. The molecular formula is C13H11ClF3NO3. The van der Waals surface area contributed by atoms with Gasteiger partial charge in [0.25, 0.3) is 0 Å². The van der Waals surface area contributed by atoms with Gasteiger partial charge in [0.15, 0.2) is 0 Å². The lowest BCUT2D eigenvalue weighted by atomic mass is 10.0. The first kappa shape index (κ1) is 17.1. The minimum atomic E-state index is -4.96. The fourth-order valence-electron chi connectivity index (χ4n) is 1.66. The molecule has 1 aromatic carbocycles. The minimum absolute atomic E-state index is 0.0345. The molecule has 0 spiro atoms. The molecule has 0 aliphatic carbocycles. The van der Waals surface area contributed by atoms with Gasteiger partial charge >= 0.3 is 12.3 Å². The van der Waals surface area contributed by atoms with E-state index in [1.54, 1.807) is 13.0 Å². The zero-order valence-corrected chi connectivity index (χ0v) is 11.7. The van der Waals surface area contributed by atoms with E-state index in [0.29, 0.717) is 0 Å². The Morgan fingerprint density at radius 1 is 1.43 bits per heavy atom. The maximum atomic E-state index is 12.5. The second-order valence-corrected chi connectivity index (χ2v) is 4.12. The molecule has 0 fully saturated rings. The van der Waals surface area contributed by atoms with E-state index < -0.39 is 24.5 Å². The summed E-state index contributed by atoms with van der Waals surface area (Å²) in [6, 6.07) is 4.26. The molecule has 0 heterocycles. The van der Waals surface area contributed by atoms with Crippen molar-refractivity contribution in [2.24, 2.45) is 0 Å². The molecule has 1 rings (SSSR count). The number of carbonyl (C=O) groups is 1. The molecular weight excluding hydrogens is 311 g/mol. The summed E-state index contributed by atoms with van der Waals surface area (Å²) in [5, 5.41) is 8.98. The van der Waals surface area contributed by atoms with E-state index >= 15 is 0 Å². The van der Waals surface area contributed by atoms with E-state index in [-0.39, 0.29) is 29.2 Å². The van der Waals surface area contributed by atoms with Gasteiger partial charge < -0.3 is 9.47 Å². The number of benzene rings is 1. The van der Waals surface area contributed by atoms with E-state index in [2.05, 4.69) is 9.47 Å². The Bertz CT molecular complexity index is 567. The number of esters is 1. The average Bonchev–Trinajstić information content (AvgIpc) is 2.39. The van der Waals surface area contributed by atoms with Crippen LogP contribution in [0.5, 0.6) is 5.75 Å². The highest BCUT2D eigenvalue weighted by molar-refractivity contribution is 6.17. The fraction of sp³-hybridized carbons (Fsp3) is 0.385. The van der Waals surface area contributed by atoms with Crippen LogP contribution in [0.15, 0.2) is 12.1 Å². The highest BCUT2D eigenvalue weighted by Gasteiger charge is 2.34. The number of hydrogen-bond acceptors (Lipinski definition) is 4. The molecule has 0 bridgehead atoms. The lowest BCUT2D eigenvalue weighted by Gasteiger charge is -2.17. The first-order valence-electron chi connectivity index (χ1n) is 5.84. The Morgan fingerprint density at radius 3 is 2.57 bits per heavy atom. The van der Waals surface area contributed by atoms with E-state index in [1.807, 2.05) is 0 Å². The number of rotatable bonds is 5. The van der Waals surface area contributed by atoms with Crippen LogP contribution in [0.25, 0.3) is 0 Å². The molecule has 0 saturated heterocycles. The lowest BCUT2D eigenvalue weighted by molar-refractivity contribution is -0.275. The molecule has 0 N–H and O–H groups in total. The highest BCUT2D eigenvalue weighted by Crippen LogP contribution is 2.33. The molecule has 0 amide bonds. The maximum absolute atomic E-state index is 12.5. The number of ether oxygens (including phenoxy) is 2. The second-order valence-electron chi connectivity index (χ2n) is 3.85. The van der Waals surface area contributed by atoms with Gasteiger partial charge in [-0.15, -0.1) is 24.8 Å². The molecule has 8 heteroatoms. The molecule has 1 aromatic rings. The summed E-state index contributed by atoms with van der Waals surface area (Å²) in [6.45, 7) is 1.64. The summed E-state index contributed by atoms with van der Waals surface area (Å²) >= 11 is 5.58. The molecule has 0 saturated carbocycles. The highest BCUT2D eigenvalue weighted by atomic mass is 35.5. The smallest absolute Gasteiger partial charge is 0.466 e. The summed E-state index contributed by atoms with van der Waals surface area (Å²) in [5.74, 6) is -1.63. The molecule has 4 nitrogen and oxygen atoms in total. The lowest BCUT2D eigenvalue weighted by Crippen LogP contribution is -2.20. The summed E-state index contributed by atoms with van der Waals surface area (Å²) in [5.41, 5.74) is -0.255. The summed E-state index contributed by atoms with van der Waals surface area (Å²) < 4.78 is 46.1. The third kappa shape index (κ3) is 4.83. The molecule has 0 atom stereocenters. The standard InChI is InChI=1S/C13H11ClF3NO3/c1-2-20-11(19)5-10-9(7-18)4-3-8(6-14)12(10)21-13(15,16)17/h3-4H,2,5-6H2,1H3. The molecule has 21 heavy (non-hydrogen) atoms. The number of halogens is 4. The summed E-state index contributed by atoms with van der Waals surface area (Å²) in [4.78, 5) is 11.5. The molecule has 0 radical (unpaired) electrons. The van der Waals surface area contributed by atoms with Gasteiger partial charge in [-0.2, -0.15) is 5.26 Å². The largest absolute Gasteiger partial charge is 0.573 e. The van der Waals surface area contributed by atoms with E-state index in [4.69, 9.17) is 16.9 Å². The normalized spacial score (nSPS) is 10.9. The number of alkyl halides is 4. The van der Waals surface area contributed by atoms with Gasteiger partial charge in [0.05, 0.1) is 30.5 Å². The minimum Gasteiger partial charge on any atom is -0.466 e. The van der Waals surface area contributed by atoms with Crippen molar-refractivity contribution in [3.63, 3.8) is 0 Å². The number of hydrogen-bond donors (Lipinski definition) is 0. The van der Waals surface area contributed by atoms with Crippen LogP contribution in [0.3, 0.4) is 0 Å². The van der Waals surface area contributed by atoms with Crippen molar-refractivity contribution in [2.45, 2.75) is 25.6 Å². The molecule has 0 unspecified atom stereocenters. The Labute approximate surface area is 124 Å². The van der Waals surface area contributed by atoms with Gasteiger partial charge in [-0.1, -0.05) is 6.07 Å². The Morgan fingerprint density at radius 2 is 2.10 bits per heavy atom. The van der Waals surface area contributed by atoms with Crippen molar-refractivity contribution >= 4 is 17.6 Å². The average molecular weight is 322 g/mol. The van der Waals surface area contributed by atoms with Gasteiger partial charge in [0.2, 0.25) is 0 Å². The quantitative estimate of drug-likeness (QED) is 0.616. The predicted octanol–water partition coefficient (Wildman–Crippen LogP) is 3.30. The fourth-order valence-corrected chi connectivity index (χ4v) is 1.87. The Hall–Kier alpha value is -1.94. The third-order valence-corrected chi connectivity index (χ3v) is 2.74. The van der Waals surface area contributed by atoms with Gasteiger partial charge in [-0.05, 0) is 13.0 Å². The van der Waals surface area contributed by atoms with Crippen LogP contribution >= 0.6 is 11.6 Å². The summed E-state index contributed by atoms with van der Waals surface area (Å²) in [7, 11) is 0. The van der Waals surface area contributed by atoms with Crippen molar-refractivity contribution in [3.05, 3.63) is 28.8 Å². The van der Waals surface area contributed by atoms with Crippen LogP contribution < -0.4 is 4.74 Å². The first-order valence-corrected chi connectivity index (χ1v) is 6.38. The van der Waals surface area contributed by atoms with Crippen LogP contribution in [0.4, 0.5) is 13.2 Å². The zero-order chi connectivity index (χ0) is 16.0. The molecule has 114 valence electrons. The summed E-state index contributed by atoms with van der Waals surface area (Å²) in [6.07, 6.45) is -5.47. The van der Waals surface area contributed by atoms with Crippen LogP contribution in [0, 0.1) is 11.3 Å². The molecule has 0 aliphatic rings. The number of carbonyl (C=O) groups excluding carboxylic acids is 1. The van der Waals surface area contributed by atoms with Crippen LogP contribution in [-0.2, 0) is 21.8 Å². The van der Waals surface area contributed by atoms with E-state index in [1.165, 1.54) is 12.1 Å². The van der Waals surface area contributed by atoms with E-state index in [9.17, 15) is 18.0 Å². The molecule has 0 aromatic heterocycles. The number of nitriles is 1. The predicted molar refractivity (Wildman–Crippen MR) is 67.7 cm³/mol. The van der Waals surface area contributed by atoms with Gasteiger partial charge in [0, 0.05) is 11.1 Å². The monoisotopic (exact) mass is 321 g/mol. The van der Waals surface area contributed by atoms with Crippen LogP contribution in [-0.4, -0.2) is 18.9 Å². The SMILES string of the molecule is CCOC(=O)Cc1c(C#N)ccc(CCl)c1OC(F)(F)F. The van der Waals surface area contributed by atoms with Crippen molar-refractivity contribution in [1.29, 1.82) is 5.26 Å². The van der Waals surface area contributed by atoms with Gasteiger partial charge in [-0.3, -0.25) is 4.79 Å². The van der Waals surface area contributed by atoms with Gasteiger partial charge in [0.1, 0.15) is 5.75 Å². The van der Waals surface area contributed by atoms with Gasteiger partial charge in [-0.25, -0.2) is 0 Å². The van der Waals surface area contributed by atoms with E-state index in [0.717, 1.165) is 0 Å². The third-order valence-electron chi connectivity index (χ3n) is 2.45. The second kappa shape index (κ2) is 7.18. The van der Waals surface area contributed by atoms with Crippen molar-refractivity contribution < 1.29 is 27.4 Å². The first-order chi connectivity index (χ1) is 9.82. The van der Waals surface area contributed by atoms with Crippen LogP contribution in [0.2, 0.25) is 0 Å². The number of nitrogens with zero attached hydrogens (tertiary/aromatic N) is 1.